The second kappa shape index (κ2) is 9.75. The van der Waals surface area contributed by atoms with Crippen LogP contribution in [0.3, 0.4) is 0 Å². The molecule has 0 aliphatic heterocycles. The normalized spacial score (nSPS) is 16.6. The van der Waals surface area contributed by atoms with Gasteiger partial charge in [0.25, 0.3) is 0 Å². The molecule has 0 aliphatic rings. The summed E-state index contributed by atoms with van der Waals surface area (Å²) in [4.78, 5) is 11.3. The zero-order chi connectivity index (χ0) is 14.1. The SMILES string of the molecule is COC(O)[C@H](C)N[C@H](O)CCCSC(=O)C(C)C. The highest BCUT2D eigenvalue weighted by Crippen LogP contribution is 2.13. The molecular formula is C12H25NO4S. The van der Waals surface area contributed by atoms with E-state index in [1.165, 1.54) is 18.9 Å². The summed E-state index contributed by atoms with van der Waals surface area (Å²) in [5.41, 5.74) is 0. The monoisotopic (exact) mass is 279 g/mol. The first-order valence-electron chi connectivity index (χ1n) is 6.20. The van der Waals surface area contributed by atoms with Crippen molar-refractivity contribution in [3.8, 4) is 0 Å². The molecule has 0 amide bonds. The van der Waals surface area contributed by atoms with Crippen LogP contribution in [0.1, 0.15) is 33.6 Å². The molecule has 0 aromatic carbocycles. The zero-order valence-electron chi connectivity index (χ0n) is 11.5. The molecular weight excluding hydrogens is 254 g/mol. The highest BCUT2D eigenvalue weighted by atomic mass is 32.2. The van der Waals surface area contributed by atoms with Gasteiger partial charge in [-0.2, -0.15) is 0 Å². The Morgan fingerprint density at radius 2 is 1.94 bits per heavy atom. The number of thioether (sulfide) groups is 1. The Morgan fingerprint density at radius 3 is 2.44 bits per heavy atom. The van der Waals surface area contributed by atoms with E-state index in [0.717, 1.165) is 6.42 Å². The van der Waals surface area contributed by atoms with Crippen LogP contribution in [-0.2, 0) is 9.53 Å². The van der Waals surface area contributed by atoms with E-state index in [1.54, 1.807) is 6.92 Å². The summed E-state index contributed by atoms with van der Waals surface area (Å²) in [7, 11) is 1.41. The molecule has 0 bridgehead atoms. The van der Waals surface area contributed by atoms with Gasteiger partial charge in [0.15, 0.2) is 11.4 Å². The Labute approximate surface area is 113 Å². The largest absolute Gasteiger partial charge is 0.379 e. The fourth-order valence-corrected chi connectivity index (χ4v) is 2.13. The van der Waals surface area contributed by atoms with Crippen LogP contribution in [0.5, 0.6) is 0 Å². The van der Waals surface area contributed by atoms with Gasteiger partial charge in [-0.1, -0.05) is 25.6 Å². The lowest BCUT2D eigenvalue weighted by atomic mass is 10.2. The molecule has 0 heterocycles. The minimum Gasteiger partial charge on any atom is -0.379 e. The summed E-state index contributed by atoms with van der Waals surface area (Å²) >= 11 is 1.30. The molecule has 0 saturated carbocycles. The molecule has 0 saturated heterocycles. The molecule has 0 aromatic rings. The average Bonchev–Trinajstić information content (AvgIpc) is 2.32. The van der Waals surface area contributed by atoms with Crippen LogP contribution in [0, 0.1) is 5.92 Å². The molecule has 3 N–H and O–H groups in total. The number of nitrogens with one attached hydrogen (secondary N) is 1. The molecule has 0 fully saturated rings. The molecule has 0 radical (unpaired) electrons. The quantitative estimate of drug-likeness (QED) is 0.431. The van der Waals surface area contributed by atoms with Gasteiger partial charge >= 0.3 is 0 Å². The van der Waals surface area contributed by atoms with Crippen LogP contribution >= 0.6 is 11.8 Å². The molecule has 5 nitrogen and oxygen atoms in total. The lowest BCUT2D eigenvalue weighted by Gasteiger charge is -2.22. The van der Waals surface area contributed by atoms with Crippen molar-refractivity contribution < 1.29 is 19.7 Å². The van der Waals surface area contributed by atoms with E-state index in [4.69, 9.17) is 4.74 Å². The number of hydrogen-bond acceptors (Lipinski definition) is 6. The number of carbonyl (C=O) groups excluding carboxylic acids is 1. The zero-order valence-corrected chi connectivity index (χ0v) is 12.4. The van der Waals surface area contributed by atoms with E-state index < -0.39 is 12.5 Å². The van der Waals surface area contributed by atoms with E-state index >= 15 is 0 Å². The van der Waals surface area contributed by atoms with Crippen LogP contribution in [0.2, 0.25) is 0 Å². The highest BCUT2D eigenvalue weighted by Gasteiger charge is 2.16. The Bertz CT molecular complexity index is 238. The Hall–Kier alpha value is -0.140. The number of carbonyl (C=O) groups is 1. The van der Waals surface area contributed by atoms with Gasteiger partial charge in [0.2, 0.25) is 0 Å². The predicted molar refractivity (Wildman–Crippen MR) is 73.2 cm³/mol. The van der Waals surface area contributed by atoms with Crippen molar-refractivity contribution in [2.45, 2.75) is 52.2 Å². The smallest absolute Gasteiger partial charge is 0.191 e. The topological polar surface area (TPSA) is 78.8 Å². The van der Waals surface area contributed by atoms with Gasteiger partial charge in [-0.15, -0.1) is 0 Å². The fraction of sp³-hybridized carbons (Fsp3) is 0.917. The van der Waals surface area contributed by atoms with Crippen LogP contribution in [0.4, 0.5) is 0 Å². The van der Waals surface area contributed by atoms with Gasteiger partial charge in [0, 0.05) is 18.8 Å². The maximum absolute atomic E-state index is 11.3. The maximum Gasteiger partial charge on any atom is 0.191 e. The molecule has 0 aromatic heterocycles. The third kappa shape index (κ3) is 8.05. The van der Waals surface area contributed by atoms with Crippen molar-refractivity contribution >= 4 is 16.9 Å². The Balaban J connectivity index is 3.65. The second-order valence-corrected chi connectivity index (χ2v) is 5.66. The van der Waals surface area contributed by atoms with Crippen molar-refractivity contribution in [3.05, 3.63) is 0 Å². The number of rotatable bonds is 9. The number of aliphatic hydroxyl groups is 2. The van der Waals surface area contributed by atoms with Gasteiger partial charge in [0.05, 0.1) is 6.04 Å². The Morgan fingerprint density at radius 1 is 1.33 bits per heavy atom. The summed E-state index contributed by atoms with van der Waals surface area (Å²) in [5.74, 6) is 0.756. The predicted octanol–water partition coefficient (Wildman–Crippen LogP) is 0.944. The minimum atomic E-state index is -0.934. The highest BCUT2D eigenvalue weighted by molar-refractivity contribution is 8.13. The van der Waals surface area contributed by atoms with Crippen LogP contribution in [0.25, 0.3) is 0 Å². The van der Waals surface area contributed by atoms with E-state index in [1.807, 2.05) is 13.8 Å². The van der Waals surface area contributed by atoms with Gasteiger partial charge in [0.1, 0.15) is 6.23 Å². The Kier molecular flexibility index (Phi) is 9.67. The molecule has 3 atom stereocenters. The molecule has 18 heavy (non-hydrogen) atoms. The molecule has 108 valence electrons. The second-order valence-electron chi connectivity index (χ2n) is 4.56. The first kappa shape index (κ1) is 17.9. The van der Waals surface area contributed by atoms with Crippen molar-refractivity contribution in [1.29, 1.82) is 0 Å². The van der Waals surface area contributed by atoms with Gasteiger partial charge < -0.3 is 14.9 Å². The molecule has 6 heteroatoms. The summed E-state index contributed by atoms with van der Waals surface area (Å²) in [6.07, 6.45) is -0.345. The van der Waals surface area contributed by atoms with E-state index in [0.29, 0.717) is 12.2 Å². The fourth-order valence-electron chi connectivity index (χ4n) is 1.29. The number of hydrogen-bond donors (Lipinski definition) is 3. The lowest BCUT2D eigenvalue weighted by Crippen LogP contribution is -2.44. The van der Waals surface area contributed by atoms with Gasteiger partial charge in [-0.3, -0.25) is 10.1 Å². The summed E-state index contributed by atoms with van der Waals surface area (Å²) < 4.78 is 4.73. The summed E-state index contributed by atoms with van der Waals surface area (Å²) in [5, 5.41) is 22.0. The molecule has 1 unspecified atom stereocenters. The van der Waals surface area contributed by atoms with Crippen molar-refractivity contribution in [2.75, 3.05) is 12.9 Å². The average molecular weight is 279 g/mol. The van der Waals surface area contributed by atoms with Crippen LogP contribution in [0.15, 0.2) is 0 Å². The molecule has 0 rings (SSSR count). The first-order chi connectivity index (χ1) is 8.38. The van der Waals surface area contributed by atoms with Crippen LogP contribution < -0.4 is 5.32 Å². The number of ether oxygens (including phenoxy) is 1. The minimum absolute atomic E-state index is 0.0509. The van der Waals surface area contributed by atoms with Gasteiger partial charge in [-0.05, 0) is 19.8 Å². The maximum atomic E-state index is 11.3. The van der Waals surface area contributed by atoms with Crippen molar-refractivity contribution in [2.24, 2.45) is 5.92 Å². The van der Waals surface area contributed by atoms with E-state index in [9.17, 15) is 15.0 Å². The first-order valence-corrected chi connectivity index (χ1v) is 7.18. The number of methoxy groups -OCH3 is 1. The van der Waals surface area contributed by atoms with E-state index in [-0.39, 0.29) is 17.1 Å². The summed E-state index contributed by atoms with van der Waals surface area (Å²) in [6.45, 7) is 5.48. The lowest BCUT2D eigenvalue weighted by molar-refractivity contribution is -0.113. The van der Waals surface area contributed by atoms with Crippen LogP contribution in [-0.4, -0.2) is 46.8 Å². The van der Waals surface area contributed by atoms with E-state index in [2.05, 4.69) is 5.32 Å². The van der Waals surface area contributed by atoms with Crippen molar-refractivity contribution in [3.63, 3.8) is 0 Å². The van der Waals surface area contributed by atoms with Crippen molar-refractivity contribution in [1.82, 2.24) is 5.32 Å². The number of aliphatic hydroxyl groups excluding tert-OH is 2. The molecule has 0 aliphatic carbocycles. The molecule has 0 spiro atoms. The third-order valence-electron chi connectivity index (χ3n) is 2.46. The van der Waals surface area contributed by atoms with Gasteiger partial charge in [-0.25, -0.2) is 0 Å². The standard InChI is InChI=1S/C12H25NO4S/c1-8(2)12(16)18-7-5-6-10(14)13-9(3)11(15)17-4/h8-11,13-15H,5-7H2,1-4H3/t9-,10+,11?/m0/s1. The summed E-state index contributed by atoms with van der Waals surface area (Å²) in [6, 6.07) is -0.338. The third-order valence-corrected chi connectivity index (χ3v) is 3.71.